The molecule has 0 aromatic carbocycles. The van der Waals surface area contributed by atoms with Gasteiger partial charge in [-0.1, -0.05) is 6.07 Å². The van der Waals surface area contributed by atoms with E-state index in [1.54, 1.807) is 12.4 Å². The van der Waals surface area contributed by atoms with Gasteiger partial charge in [-0.15, -0.1) is 0 Å². The Morgan fingerprint density at radius 2 is 2.17 bits per heavy atom. The van der Waals surface area contributed by atoms with Gasteiger partial charge in [-0.2, -0.15) is 0 Å². The van der Waals surface area contributed by atoms with Crippen LogP contribution >= 0.6 is 0 Å². The molecule has 1 aromatic heterocycles. The summed E-state index contributed by atoms with van der Waals surface area (Å²) in [6.45, 7) is 5.91. The molecule has 2 aliphatic heterocycles. The number of likely N-dealkylation sites (tertiary alicyclic amines) is 1. The lowest BCUT2D eigenvalue weighted by molar-refractivity contribution is 0.0221. The lowest BCUT2D eigenvalue weighted by Crippen LogP contribution is -2.53. The predicted molar refractivity (Wildman–Crippen MR) is 88.1 cm³/mol. The van der Waals surface area contributed by atoms with Gasteiger partial charge in [-0.3, -0.25) is 9.88 Å². The second kappa shape index (κ2) is 8.26. The van der Waals surface area contributed by atoms with Crippen molar-refractivity contribution in [3.63, 3.8) is 0 Å². The average molecular weight is 318 g/mol. The second-order valence-corrected chi connectivity index (χ2v) is 6.28. The molecule has 126 valence electrons. The standard InChI is InChI=1S/C17H26N4O2/c22-17(19-13-15-4-3-6-18-12-15)21-7-2-1-5-16(21)14-20-8-10-23-11-9-20/h3-4,6,12,16H,1-2,5,7-11,13-14H2,(H,19,22)/t16-/m1/s1. The zero-order valence-electron chi connectivity index (χ0n) is 13.6. The number of urea groups is 1. The smallest absolute Gasteiger partial charge is 0.317 e. The zero-order valence-corrected chi connectivity index (χ0v) is 13.6. The van der Waals surface area contributed by atoms with Crippen LogP contribution < -0.4 is 5.32 Å². The molecule has 3 heterocycles. The van der Waals surface area contributed by atoms with Crippen molar-refractivity contribution in [3.8, 4) is 0 Å². The van der Waals surface area contributed by atoms with Crippen molar-refractivity contribution >= 4 is 6.03 Å². The summed E-state index contributed by atoms with van der Waals surface area (Å²) >= 11 is 0. The average Bonchev–Trinajstić information content (AvgIpc) is 2.62. The van der Waals surface area contributed by atoms with Crippen molar-refractivity contribution in [1.29, 1.82) is 0 Å². The predicted octanol–water partition coefficient (Wildman–Crippen LogP) is 1.48. The van der Waals surface area contributed by atoms with Gasteiger partial charge >= 0.3 is 6.03 Å². The van der Waals surface area contributed by atoms with E-state index in [0.29, 0.717) is 12.6 Å². The molecule has 0 radical (unpaired) electrons. The Balaban J connectivity index is 1.53. The van der Waals surface area contributed by atoms with E-state index >= 15 is 0 Å². The van der Waals surface area contributed by atoms with Gasteiger partial charge in [0.05, 0.1) is 13.2 Å². The van der Waals surface area contributed by atoms with Crippen LogP contribution in [0.15, 0.2) is 24.5 Å². The number of morpholine rings is 1. The molecule has 1 aromatic rings. The molecule has 1 N–H and O–H groups in total. The molecule has 2 aliphatic rings. The molecule has 0 spiro atoms. The maximum Gasteiger partial charge on any atom is 0.317 e. The Hall–Kier alpha value is -1.66. The lowest BCUT2D eigenvalue weighted by atomic mass is 10.0. The molecule has 6 heteroatoms. The quantitative estimate of drug-likeness (QED) is 0.913. The molecule has 0 unspecified atom stereocenters. The van der Waals surface area contributed by atoms with E-state index in [-0.39, 0.29) is 6.03 Å². The van der Waals surface area contributed by atoms with Crippen LogP contribution in [0.1, 0.15) is 24.8 Å². The highest BCUT2D eigenvalue weighted by atomic mass is 16.5. The number of hydrogen-bond donors (Lipinski definition) is 1. The Morgan fingerprint density at radius 1 is 1.30 bits per heavy atom. The third-order valence-corrected chi connectivity index (χ3v) is 4.63. The minimum absolute atomic E-state index is 0.0480. The lowest BCUT2D eigenvalue weighted by Gasteiger charge is -2.39. The molecule has 3 rings (SSSR count). The van der Waals surface area contributed by atoms with Crippen LogP contribution in [-0.4, -0.2) is 66.2 Å². The van der Waals surface area contributed by atoms with Crippen LogP contribution in [0.3, 0.4) is 0 Å². The third kappa shape index (κ3) is 4.65. The Morgan fingerprint density at radius 3 is 2.96 bits per heavy atom. The number of amides is 2. The second-order valence-electron chi connectivity index (χ2n) is 6.28. The van der Waals surface area contributed by atoms with Crippen molar-refractivity contribution in [2.24, 2.45) is 0 Å². The molecule has 23 heavy (non-hydrogen) atoms. The topological polar surface area (TPSA) is 57.7 Å². The third-order valence-electron chi connectivity index (χ3n) is 4.63. The highest BCUT2D eigenvalue weighted by Gasteiger charge is 2.28. The molecule has 2 saturated heterocycles. The SMILES string of the molecule is O=C(NCc1cccnc1)N1CCCC[C@@H]1CN1CCOCC1. The summed E-state index contributed by atoms with van der Waals surface area (Å²) < 4.78 is 5.41. The van der Waals surface area contributed by atoms with Crippen molar-refractivity contribution in [1.82, 2.24) is 20.1 Å². The normalized spacial score (nSPS) is 22.8. The van der Waals surface area contributed by atoms with Gasteiger partial charge in [-0.25, -0.2) is 4.79 Å². The van der Waals surface area contributed by atoms with E-state index in [0.717, 1.165) is 57.8 Å². The van der Waals surface area contributed by atoms with Crippen molar-refractivity contribution < 1.29 is 9.53 Å². The van der Waals surface area contributed by atoms with Crippen molar-refractivity contribution in [2.75, 3.05) is 39.4 Å². The van der Waals surface area contributed by atoms with Crippen LogP contribution in [0.2, 0.25) is 0 Å². The first-order valence-electron chi connectivity index (χ1n) is 8.56. The first-order valence-corrected chi connectivity index (χ1v) is 8.56. The van der Waals surface area contributed by atoms with Gasteiger partial charge in [-0.05, 0) is 30.9 Å². The molecule has 6 nitrogen and oxygen atoms in total. The molecular weight excluding hydrogens is 292 g/mol. The number of ether oxygens (including phenoxy) is 1. The van der Waals surface area contributed by atoms with Gasteiger partial charge in [0.1, 0.15) is 0 Å². The summed E-state index contributed by atoms with van der Waals surface area (Å²) in [4.78, 5) is 21.1. The monoisotopic (exact) mass is 318 g/mol. The van der Waals surface area contributed by atoms with E-state index in [4.69, 9.17) is 4.74 Å². The molecular formula is C17H26N4O2. The number of nitrogens with zero attached hydrogens (tertiary/aromatic N) is 3. The Kier molecular flexibility index (Phi) is 5.82. The van der Waals surface area contributed by atoms with Crippen LogP contribution in [0.25, 0.3) is 0 Å². The van der Waals surface area contributed by atoms with Crippen LogP contribution in [-0.2, 0) is 11.3 Å². The van der Waals surface area contributed by atoms with E-state index in [2.05, 4.69) is 15.2 Å². The number of nitrogens with one attached hydrogen (secondary N) is 1. The fraction of sp³-hybridized carbons (Fsp3) is 0.647. The number of piperidine rings is 1. The van der Waals surface area contributed by atoms with Crippen LogP contribution in [0, 0.1) is 0 Å². The highest BCUT2D eigenvalue weighted by molar-refractivity contribution is 5.74. The van der Waals surface area contributed by atoms with Crippen LogP contribution in [0.5, 0.6) is 0 Å². The van der Waals surface area contributed by atoms with E-state index in [1.165, 1.54) is 6.42 Å². The number of hydrogen-bond acceptors (Lipinski definition) is 4. The number of carbonyl (C=O) groups is 1. The molecule has 0 aliphatic carbocycles. The maximum atomic E-state index is 12.6. The largest absolute Gasteiger partial charge is 0.379 e. The summed E-state index contributed by atoms with van der Waals surface area (Å²) in [7, 11) is 0. The van der Waals surface area contributed by atoms with Crippen LogP contribution in [0.4, 0.5) is 4.79 Å². The fourth-order valence-electron chi connectivity index (χ4n) is 3.32. The Bertz CT molecular complexity index is 491. The number of rotatable bonds is 4. The number of aromatic nitrogens is 1. The summed E-state index contributed by atoms with van der Waals surface area (Å²) in [5.41, 5.74) is 1.03. The van der Waals surface area contributed by atoms with Crippen molar-refractivity contribution in [2.45, 2.75) is 31.8 Å². The van der Waals surface area contributed by atoms with Gasteiger partial charge in [0.2, 0.25) is 0 Å². The maximum absolute atomic E-state index is 12.6. The molecule has 0 saturated carbocycles. The number of carbonyl (C=O) groups excluding carboxylic acids is 1. The van der Waals surface area contributed by atoms with E-state index in [9.17, 15) is 4.79 Å². The molecule has 2 amide bonds. The minimum atomic E-state index is 0.0480. The first kappa shape index (κ1) is 16.2. The fourth-order valence-corrected chi connectivity index (χ4v) is 3.32. The van der Waals surface area contributed by atoms with Gasteiger partial charge < -0.3 is 15.0 Å². The van der Waals surface area contributed by atoms with Gasteiger partial charge in [0.25, 0.3) is 0 Å². The molecule has 0 bridgehead atoms. The summed E-state index contributed by atoms with van der Waals surface area (Å²) in [5.74, 6) is 0. The molecule has 1 atom stereocenters. The highest BCUT2D eigenvalue weighted by Crippen LogP contribution is 2.18. The van der Waals surface area contributed by atoms with E-state index in [1.807, 2.05) is 17.0 Å². The van der Waals surface area contributed by atoms with E-state index < -0.39 is 0 Å². The summed E-state index contributed by atoms with van der Waals surface area (Å²) in [6.07, 6.45) is 6.94. The summed E-state index contributed by atoms with van der Waals surface area (Å²) in [6, 6.07) is 4.24. The summed E-state index contributed by atoms with van der Waals surface area (Å²) in [5, 5.41) is 3.04. The van der Waals surface area contributed by atoms with Gasteiger partial charge in [0, 0.05) is 51.2 Å². The van der Waals surface area contributed by atoms with Crippen molar-refractivity contribution in [3.05, 3.63) is 30.1 Å². The van der Waals surface area contributed by atoms with Gasteiger partial charge in [0.15, 0.2) is 0 Å². The molecule has 2 fully saturated rings. The number of pyridine rings is 1. The Labute approximate surface area is 137 Å². The first-order chi connectivity index (χ1) is 11.3. The minimum Gasteiger partial charge on any atom is -0.379 e. The zero-order chi connectivity index (χ0) is 15.9.